The van der Waals surface area contributed by atoms with Gasteiger partial charge in [0.15, 0.2) is 0 Å². The molecule has 0 aromatic carbocycles. The van der Waals surface area contributed by atoms with Gasteiger partial charge in [0.2, 0.25) is 3.23 Å². The highest BCUT2D eigenvalue weighted by Gasteiger charge is 2.83. The summed E-state index contributed by atoms with van der Waals surface area (Å²) in [5, 5.41) is 0. The predicted molar refractivity (Wildman–Crippen MR) is 42.6 cm³/mol. The number of rotatable bonds is 2. The summed E-state index contributed by atoms with van der Waals surface area (Å²) in [6.45, 7) is 0. The molecule has 0 rings (SSSR count). The van der Waals surface area contributed by atoms with Gasteiger partial charge in [-0.3, -0.25) is 0 Å². The first-order valence-electron chi connectivity index (χ1n) is 3.27. The number of hydrogen-bond donors (Lipinski definition) is 0. The summed E-state index contributed by atoms with van der Waals surface area (Å²) in [5.74, 6) is -12.7. The largest absolute Gasteiger partial charge is 0.456 e. The molecule has 0 aromatic rings. The third-order valence-electron chi connectivity index (χ3n) is 1.50. The molecule has 0 saturated heterocycles. The highest BCUT2D eigenvalue weighted by atomic mass is 79.9. The van der Waals surface area contributed by atoms with E-state index in [2.05, 4.69) is 0 Å². The molecule has 104 valence electrons. The van der Waals surface area contributed by atoms with Crippen molar-refractivity contribution in [2.45, 2.75) is 27.4 Å². The van der Waals surface area contributed by atoms with E-state index in [0.29, 0.717) is 0 Å². The smallest absolute Gasteiger partial charge is 0.193 e. The lowest BCUT2D eigenvalue weighted by atomic mass is 10.1. The first kappa shape index (κ1) is 17.3. The van der Waals surface area contributed by atoms with Crippen LogP contribution in [-0.4, -0.2) is 27.4 Å². The molecular weight excluding hydrogens is 410 g/mol. The molecule has 0 bridgehead atoms. The molecule has 0 aliphatic heterocycles. The summed E-state index contributed by atoms with van der Waals surface area (Å²) in [7, 11) is 0. The number of hydrogen-bond acceptors (Lipinski definition) is 0. The minimum atomic E-state index is -6.60. The van der Waals surface area contributed by atoms with Crippen molar-refractivity contribution in [1.29, 1.82) is 0 Å². The van der Waals surface area contributed by atoms with Crippen LogP contribution < -0.4 is 0 Å². The van der Waals surface area contributed by atoms with Crippen LogP contribution in [0.5, 0.6) is 0 Å². The standard InChI is InChI=1S/C5Br2F10/c6-1(7,2(8,9)4(12,13)14)3(10,11)5(15,16)17. The number of halogens is 12. The van der Waals surface area contributed by atoms with Gasteiger partial charge in [0.25, 0.3) is 0 Å². The summed E-state index contributed by atoms with van der Waals surface area (Å²) in [4.78, 5) is 0. The highest BCUT2D eigenvalue weighted by Crippen LogP contribution is 2.61. The molecule has 0 heterocycles. The first-order chi connectivity index (χ1) is 7.00. The molecule has 0 amide bonds. The fourth-order valence-electron chi connectivity index (χ4n) is 0.553. The van der Waals surface area contributed by atoms with E-state index >= 15 is 0 Å². The van der Waals surface area contributed by atoms with Crippen molar-refractivity contribution < 1.29 is 43.9 Å². The Morgan fingerprint density at radius 2 is 0.647 bits per heavy atom. The molecule has 0 N–H and O–H groups in total. The summed E-state index contributed by atoms with van der Waals surface area (Å²) in [6.07, 6.45) is -13.2. The maximum absolute atomic E-state index is 12.5. The van der Waals surface area contributed by atoms with E-state index in [9.17, 15) is 43.9 Å². The van der Waals surface area contributed by atoms with Crippen molar-refractivity contribution in [3.8, 4) is 0 Å². The van der Waals surface area contributed by atoms with E-state index in [1.54, 1.807) is 0 Å². The van der Waals surface area contributed by atoms with Crippen LogP contribution in [0.15, 0.2) is 0 Å². The minimum Gasteiger partial charge on any atom is -0.193 e. The third kappa shape index (κ3) is 2.51. The van der Waals surface area contributed by atoms with Gasteiger partial charge in [-0.2, -0.15) is 43.9 Å². The van der Waals surface area contributed by atoms with Gasteiger partial charge in [0.05, 0.1) is 0 Å². The first-order valence-corrected chi connectivity index (χ1v) is 4.85. The van der Waals surface area contributed by atoms with Gasteiger partial charge in [-0.25, -0.2) is 0 Å². The van der Waals surface area contributed by atoms with E-state index in [1.807, 2.05) is 0 Å². The molecule has 12 heteroatoms. The van der Waals surface area contributed by atoms with Crippen LogP contribution in [0, 0.1) is 0 Å². The predicted octanol–water partition coefficient (Wildman–Crippen LogP) is 4.87. The van der Waals surface area contributed by atoms with E-state index < -0.39 is 27.4 Å². The van der Waals surface area contributed by atoms with Crippen molar-refractivity contribution in [1.82, 2.24) is 0 Å². The molecule has 0 aliphatic carbocycles. The van der Waals surface area contributed by atoms with Crippen LogP contribution in [0.3, 0.4) is 0 Å². The van der Waals surface area contributed by atoms with Crippen LogP contribution in [-0.2, 0) is 0 Å². The van der Waals surface area contributed by atoms with Crippen molar-refractivity contribution in [2.24, 2.45) is 0 Å². The minimum absolute atomic E-state index is 1.07. The lowest BCUT2D eigenvalue weighted by Crippen LogP contribution is -2.63. The molecule has 0 unspecified atom stereocenters. The zero-order chi connectivity index (χ0) is 14.5. The van der Waals surface area contributed by atoms with Gasteiger partial charge in [-0.1, -0.05) is 31.9 Å². The van der Waals surface area contributed by atoms with Crippen molar-refractivity contribution >= 4 is 31.9 Å². The summed E-state index contributed by atoms with van der Waals surface area (Å²) in [6, 6.07) is 0. The van der Waals surface area contributed by atoms with E-state index in [-0.39, 0.29) is 0 Å². The highest BCUT2D eigenvalue weighted by molar-refractivity contribution is 9.25. The van der Waals surface area contributed by atoms with E-state index in [1.165, 1.54) is 0 Å². The zero-order valence-corrected chi connectivity index (χ0v) is 10.2. The molecule has 0 aromatic heterocycles. The molecule has 0 aliphatic rings. The van der Waals surface area contributed by atoms with Crippen LogP contribution in [0.2, 0.25) is 0 Å². The fourth-order valence-corrected chi connectivity index (χ4v) is 1.45. The molecule has 0 fully saturated rings. The Balaban J connectivity index is 5.73. The SMILES string of the molecule is FC(F)(F)C(F)(F)C(Br)(Br)C(F)(F)C(F)(F)F. The third-order valence-corrected chi connectivity index (χ3v) is 3.49. The van der Waals surface area contributed by atoms with E-state index in [4.69, 9.17) is 0 Å². The summed E-state index contributed by atoms with van der Waals surface area (Å²) < 4.78 is 116. The Morgan fingerprint density at radius 1 is 0.471 bits per heavy atom. The van der Waals surface area contributed by atoms with Crippen molar-refractivity contribution in [2.75, 3.05) is 0 Å². The lowest BCUT2D eigenvalue weighted by molar-refractivity contribution is -0.341. The zero-order valence-electron chi connectivity index (χ0n) is 7.04. The van der Waals surface area contributed by atoms with Gasteiger partial charge >= 0.3 is 24.2 Å². The van der Waals surface area contributed by atoms with Crippen LogP contribution in [0.1, 0.15) is 0 Å². The maximum atomic E-state index is 12.5. The molecule has 0 spiro atoms. The maximum Gasteiger partial charge on any atom is 0.456 e. The van der Waals surface area contributed by atoms with Crippen LogP contribution in [0.25, 0.3) is 0 Å². The Kier molecular flexibility index (Phi) is 4.20. The topological polar surface area (TPSA) is 0 Å². The fraction of sp³-hybridized carbons (Fsp3) is 1.00. The van der Waals surface area contributed by atoms with Crippen LogP contribution >= 0.6 is 31.9 Å². The van der Waals surface area contributed by atoms with Gasteiger partial charge < -0.3 is 0 Å². The molecule has 17 heavy (non-hydrogen) atoms. The Bertz CT molecular complexity index is 258. The Hall–Kier alpha value is 0.260. The van der Waals surface area contributed by atoms with Crippen molar-refractivity contribution in [3.05, 3.63) is 0 Å². The monoisotopic (exact) mass is 408 g/mol. The molecule has 0 nitrogen and oxygen atoms in total. The second-order valence-electron chi connectivity index (χ2n) is 2.72. The Labute approximate surface area is 104 Å². The average molecular weight is 410 g/mol. The second-order valence-corrected chi connectivity index (χ2v) is 6.16. The van der Waals surface area contributed by atoms with Gasteiger partial charge in [-0.15, -0.1) is 0 Å². The molecule has 0 saturated carbocycles. The normalized spacial score (nSPS) is 16.2. The van der Waals surface area contributed by atoms with Gasteiger partial charge in [0.1, 0.15) is 0 Å². The van der Waals surface area contributed by atoms with E-state index in [0.717, 1.165) is 31.9 Å². The average Bonchev–Trinajstić information content (AvgIpc) is 1.98. The molecule has 0 atom stereocenters. The van der Waals surface area contributed by atoms with Gasteiger partial charge in [0, 0.05) is 0 Å². The second kappa shape index (κ2) is 4.14. The summed E-state index contributed by atoms with van der Waals surface area (Å²) >= 11 is 2.15. The quantitative estimate of drug-likeness (QED) is 0.451. The molecule has 0 radical (unpaired) electrons. The summed E-state index contributed by atoms with van der Waals surface area (Å²) in [5.41, 5.74) is 0. The molecular formula is C5Br2F10. The Morgan fingerprint density at radius 3 is 0.765 bits per heavy atom. The van der Waals surface area contributed by atoms with Gasteiger partial charge in [-0.05, 0) is 0 Å². The van der Waals surface area contributed by atoms with Crippen LogP contribution in [0.4, 0.5) is 43.9 Å². The van der Waals surface area contributed by atoms with Crippen molar-refractivity contribution in [3.63, 3.8) is 0 Å². The lowest BCUT2D eigenvalue weighted by Gasteiger charge is -2.37. The number of alkyl halides is 12.